The highest BCUT2D eigenvalue weighted by Gasteiger charge is 2.66. The summed E-state index contributed by atoms with van der Waals surface area (Å²) < 4.78 is 14.3. The third-order valence-corrected chi connectivity index (χ3v) is 12.0. The molecule has 8 atom stereocenters. The summed E-state index contributed by atoms with van der Waals surface area (Å²) in [5, 5.41) is 0. The molecule has 1 aromatic carbocycles. The monoisotopic (exact) mass is 434 g/mol. The molecular formula is C31H43F. The lowest BCUT2D eigenvalue weighted by molar-refractivity contribution is -0.0963. The van der Waals surface area contributed by atoms with Crippen molar-refractivity contribution in [3.05, 3.63) is 47.5 Å². The van der Waals surface area contributed by atoms with Gasteiger partial charge >= 0.3 is 0 Å². The van der Waals surface area contributed by atoms with Gasteiger partial charge in [-0.1, -0.05) is 62.8 Å². The Bertz CT molecular complexity index is 883. The van der Waals surface area contributed by atoms with Crippen molar-refractivity contribution in [2.24, 2.45) is 45.8 Å². The largest absolute Gasteiger partial charge is 0.247 e. The van der Waals surface area contributed by atoms with Gasteiger partial charge in [0.25, 0.3) is 0 Å². The van der Waals surface area contributed by atoms with Crippen LogP contribution in [0.15, 0.2) is 42.0 Å². The molecule has 0 radical (unpaired) electrons. The molecule has 0 saturated heterocycles. The summed E-state index contributed by atoms with van der Waals surface area (Å²) in [6, 6.07) is 11.4. The molecule has 4 saturated carbocycles. The molecule has 1 heteroatoms. The van der Waals surface area contributed by atoms with Crippen molar-refractivity contribution in [3.8, 4) is 0 Å². The lowest BCUT2D eigenvalue weighted by Gasteiger charge is -2.61. The SMILES string of the molecule is CC(C1CC1)C1(Cc2ccccc2)CCC2C3CC=C4CC(F)CCC4(C)C3CCC21C. The third kappa shape index (κ3) is 2.98. The maximum atomic E-state index is 14.3. The average molecular weight is 435 g/mol. The van der Waals surface area contributed by atoms with E-state index in [0.717, 1.165) is 48.9 Å². The van der Waals surface area contributed by atoms with Gasteiger partial charge in [0, 0.05) is 6.42 Å². The van der Waals surface area contributed by atoms with Gasteiger partial charge in [-0.15, -0.1) is 0 Å². The Morgan fingerprint density at radius 3 is 2.44 bits per heavy atom. The highest BCUT2D eigenvalue weighted by atomic mass is 19.1. The number of hydrogen-bond acceptors (Lipinski definition) is 0. The molecule has 0 heterocycles. The molecule has 0 aromatic heterocycles. The fourth-order valence-electron chi connectivity index (χ4n) is 9.99. The van der Waals surface area contributed by atoms with Crippen molar-refractivity contribution in [1.29, 1.82) is 0 Å². The van der Waals surface area contributed by atoms with E-state index in [0.29, 0.717) is 10.8 Å². The Kier molecular flexibility index (Phi) is 4.98. The average Bonchev–Trinajstić information content (AvgIpc) is 3.59. The van der Waals surface area contributed by atoms with Crippen LogP contribution in [0.2, 0.25) is 0 Å². The Morgan fingerprint density at radius 1 is 0.938 bits per heavy atom. The summed E-state index contributed by atoms with van der Waals surface area (Å²) in [5.74, 6) is 4.26. The van der Waals surface area contributed by atoms with Crippen LogP contribution in [0.25, 0.3) is 0 Å². The topological polar surface area (TPSA) is 0 Å². The zero-order chi connectivity index (χ0) is 22.1. The number of allylic oxidation sites excluding steroid dienone is 2. The van der Waals surface area contributed by atoms with E-state index in [1.54, 1.807) is 5.56 Å². The first-order chi connectivity index (χ1) is 15.4. The molecule has 5 aliphatic carbocycles. The number of benzene rings is 1. The van der Waals surface area contributed by atoms with Gasteiger partial charge in [0.15, 0.2) is 0 Å². The van der Waals surface area contributed by atoms with Crippen LogP contribution in [-0.2, 0) is 6.42 Å². The highest BCUT2D eigenvalue weighted by molar-refractivity contribution is 5.28. The number of alkyl halides is 1. The van der Waals surface area contributed by atoms with Gasteiger partial charge in [0.2, 0.25) is 0 Å². The van der Waals surface area contributed by atoms with Crippen LogP contribution in [0, 0.1) is 45.8 Å². The van der Waals surface area contributed by atoms with Crippen molar-refractivity contribution < 1.29 is 4.39 Å². The van der Waals surface area contributed by atoms with Gasteiger partial charge in [-0.05, 0) is 116 Å². The van der Waals surface area contributed by atoms with Gasteiger partial charge in [0.1, 0.15) is 6.17 Å². The second kappa shape index (κ2) is 7.44. The Morgan fingerprint density at radius 2 is 1.69 bits per heavy atom. The van der Waals surface area contributed by atoms with Crippen molar-refractivity contribution in [1.82, 2.24) is 0 Å². The number of halogens is 1. The van der Waals surface area contributed by atoms with Gasteiger partial charge in [-0.2, -0.15) is 0 Å². The second-order valence-electron chi connectivity index (χ2n) is 13.0. The Balaban J connectivity index is 1.36. The minimum absolute atomic E-state index is 0.277. The van der Waals surface area contributed by atoms with Gasteiger partial charge in [-0.3, -0.25) is 0 Å². The van der Waals surface area contributed by atoms with Gasteiger partial charge in [-0.25, -0.2) is 4.39 Å². The van der Waals surface area contributed by atoms with Crippen molar-refractivity contribution in [3.63, 3.8) is 0 Å². The summed E-state index contributed by atoms with van der Waals surface area (Å²) in [6.45, 7) is 7.87. The first-order valence-corrected chi connectivity index (χ1v) is 13.7. The molecule has 32 heavy (non-hydrogen) atoms. The van der Waals surface area contributed by atoms with Gasteiger partial charge in [0.05, 0.1) is 0 Å². The van der Waals surface area contributed by atoms with Crippen molar-refractivity contribution in [2.45, 2.75) is 97.6 Å². The Labute approximate surface area is 195 Å². The maximum Gasteiger partial charge on any atom is 0.104 e. The van der Waals surface area contributed by atoms with Crippen molar-refractivity contribution in [2.75, 3.05) is 0 Å². The molecule has 0 aliphatic heterocycles. The normalized spacial score (nSPS) is 46.6. The lowest BCUT2D eigenvalue weighted by atomic mass is 9.44. The van der Waals surface area contributed by atoms with E-state index < -0.39 is 6.17 Å². The molecule has 0 nitrogen and oxygen atoms in total. The summed E-state index contributed by atoms with van der Waals surface area (Å²) in [4.78, 5) is 0. The molecular weight excluding hydrogens is 391 g/mol. The minimum Gasteiger partial charge on any atom is -0.247 e. The summed E-state index contributed by atoms with van der Waals surface area (Å²) in [6.07, 6.45) is 15.5. The first-order valence-electron chi connectivity index (χ1n) is 13.7. The standard InChI is InChI=1S/C31H43F/c1-21(23-9-10-23)31(20-22-7-5-4-6-8-22)18-15-28-26-12-11-24-19-25(32)13-16-29(24,2)27(26)14-17-30(28,31)3/h4-8,11,21,23,25-28H,9-10,12-20H2,1-3H3. The second-order valence-corrected chi connectivity index (χ2v) is 13.0. The number of hydrogen-bond donors (Lipinski definition) is 0. The molecule has 8 unspecified atom stereocenters. The van der Waals surface area contributed by atoms with Crippen LogP contribution in [0.4, 0.5) is 4.39 Å². The predicted octanol–water partition coefficient (Wildman–Crippen LogP) is 8.56. The molecule has 6 rings (SSSR count). The highest BCUT2D eigenvalue weighted by Crippen LogP contribution is 2.73. The van der Waals surface area contributed by atoms with Crippen molar-refractivity contribution >= 4 is 0 Å². The smallest absolute Gasteiger partial charge is 0.104 e. The van der Waals surface area contributed by atoms with E-state index in [-0.39, 0.29) is 5.41 Å². The third-order valence-electron chi connectivity index (χ3n) is 12.0. The van der Waals surface area contributed by atoms with E-state index in [4.69, 9.17) is 0 Å². The zero-order valence-corrected chi connectivity index (χ0v) is 20.6. The van der Waals surface area contributed by atoms with Gasteiger partial charge < -0.3 is 0 Å². The fourth-order valence-corrected chi connectivity index (χ4v) is 9.99. The molecule has 5 aliphatic rings. The van der Waals surface area contributed by atoms with Crippen LogP contribution in [-0.4, -0.2) is 6.17 Å². The predicted molar refractivity (Wildman–Crippen MR) is 131 cm³/mol. The van der Waals surface area contributed by atoms with E-state index in [1.807, 2.05) is 0 Å². The molecule has 0 spiro atoms. The maximum absolute atomic E-state index is 14.3. The quantitative estimate of drug-likeness (QED) is 0.416. The molecule has 0 amide bonds. The molecule has 174 valence electrons. The van der Waals surface area contributed by atoms with E-state index in [9.17, 15) is 4.39 Å². The molecule has 1 aromatic rings. The van der Waals surface area contributed by atoms with Crippen LogP contribution >= 0.6 is 0 Å². The fraction of sp³-hybridized carbons (Fsp3) is 0.742. The van der Waals surface area contributed by atoms with Crippen LogP contribution in [0.5, 0.6) is 0 Å². The zero-order valence-electron chi connectivity index (χ0n) is 20.6. The van der Waals surface area contributed by atoms with Crippen LogP contribution < -0.4 is 0 Å². The lowest BCUT2D eigenvalue weighted by Crippen LogP contribution is -2.54. The Hall–Kier alpha value is -1.11. The summed E-state index contributed by atoms with van der Waals surface area (Å²) in [5.41, 5.74) is 4.22. The summed E-state index contributed by atoms with van der Waals surface area (Å²) >= 11 is 0. The van der Waals surface area contributed by atoms with E-state index in [2.05, 4.69) is 57.2 Å². The summed E-state index contributed by atoms with van der Waals surface area (Å²) in [7, 11) is 0. The molecule has 4 fully saturated rings. The number of fused-ring (bicyclic) bond motifs is 5. The molecule has 0 N–H and O–H groups in total. The molecule has 0 bridgehead atoms. The number of rotatable bonds is 4. The van der Waals surface area contributed by atoms with E-state index in [1.165, 1.54) is 56.9 Å². The van der Waals surface area contributed by atoms with Crippen LogP contribution in [0.1, 0.15) is 90.5 Å². The van der Waals surface area contributed by atoms with E-state index >= 15 is 0 Å². The first kappa shape index (κ1) is 21.4. The minimum atomic E-state index is -0.593. The van der Waals surface area contributed by atoms with Crippen LogP contribution in [0.3, 0.4) is 0 Å².